The fraction of sp³-hybridized carbons (Fsp3) is 0.417. The van der Waals surface area contributed by atoms with Crippen molar-refractivity contribution in [1.82, 2.24) is 9.94 Å². The van der Waals surface area contributed by atoms with Gasteiger partial charge < -0.3 is 14.7 Å². The number of ether oxygens (including phenoxy) is 2. The normalized spacial score (nSPS) is 10.8. The van der Waals surface area contributed by atoms with Gasteiger partial charge in [-0.3, -0.25) is 0 Å². The van der Waals surface area contributed by atoms with Crippen LogP contribution in [0.15, 0.2) is 18.2 Å². The lowest BCUT2D eigenvalue weighted by Gasteiger charge is -2.09. The second kappa shape index (κ2) is 5.66. The maximum atomic E-state index is 11.9. The lowest BCUT2D eigenvalue weighted by Crippen LogP contribution is -2.26. The van der Waals surface area contributed by atoms with E-state index in [1.54, 1.807) is 26.2 Å². The highest BCUT2D eigenvalue weighted by Gasteiger charge is 2.15. The van der Waals surface area contributed by atoms with E-state index in [9.17, 15) is 10.1 Å². The predicted molar refractivity (Wildman–Crippen MR) is 68.6 cm³/mol. The third-order valence-electron chi connectivity index (χ3n) is 2.68. The molecule has 0 fully saturated rings. The average Bonchev–Trinajstić information content (AvgIpc) is 2.43. The quantitative estimate of drug-likeness (QED) is 0.592. The van der Waals surface area contributed by atoms with Crippen LogP contribution in [-0.4, -0.2) is 30.3 Å². The average molecular weight is 265 g/mol. The Morgan fingerprint density at radius 3 is 2.89 bits per heavy atom. The van der Waals surface area contributed by atoms with Crippen LogP contribution in [0.4, 0.5) is 0 Å². The van der Waals surface area contributed by atoms with Crippen LogP contribution in [0, 0.1) is 10.1 Å². The second-order valence-corrected chi connectivity index (χ2v) is 3.93. The molecule has 2 rings (SSSR count). The summed E-state index contributed by atoms with van der Waals surface area (Å²) in [7, 11) is 1.58. The molecule has 0 amide bonds. The molecular weight excluding hydrogens is 250 g/mol. The Hall–Kier alpha value is -2.15. The molecule has 7 heteroatoms. The molecule has 1 heterocycles. The minimum atomic E-state index is 0.183. The monoisotopic (exact) mass is 265 g/mol. The van der Waals surface area contributed by atoms with Crippen molar-refractivity contribution in [1.29, 1.82) is 0 Å². The predicted octanol–water partition coefficient (Wildman–Crippen LogP) is 0.884. The summed E-state index contributed by atoms with van der Waals surface area (Å²) in [6, 6.07) is 4.70. The summed E-state index contributed by atoms with van der Waals surface area (Å²) in [6.07, 6.45) is 0.397. The molecule has 0 N–H and O–H groups in total. The standard InChI is InChI=1S/C12H15N3O4/c1-3-12-13-15(17)11-8-9(19-7-6-18-2)4-5-10(11)14(12)16/h4-5,8H,3,6-7H2,1-2H3. The molecular formula is C12H15N3O4. The molecule has 7 nitrogen and oxygen atoms in total. The van der Waals surface area contributed by atoms with Gasteiger partial charge in [-0.25, -0.2) is 0 Å². The first-order chi connectivity index (χ1) is 9.17. The Labute approximate surface area is 109 Å². The number of hydrogen-bond acceptors (Lipinski definition) is 5. The van der Waals surface area contributed by atoms with E-state index < -0.39 is 0 Å². The van der Waals surface area contributed by atoms with Gasteiger partial charge in [0.2, 0.25) is 5.52 Å². The summed E-state index contributed by atoms with van der Waals surface area (Å²) in [4.78, 5) is 12.4. The minimum Gasteiger partial charge on any atom is -0.772 e. The minimum absolute atomic E-state index is 0.183. The van der Waals surface area contributed by atoms with Crippen molar-refractivity contribution in [3.8, 4) is 5.75 Å². The van der Waals surface area contributed by atoms with Crippen LogP contribution < -0.4 is 9.16 Å². The van der Waals surface area contributed by atoms with Gasteiger partial charge in [-0.1, -0.05) is 11.8 Å². The molecule has 102 valence electrons. The van der Waals surface area contributed by atoms with Crippen molar-refractivity contribution in [2.45, 2.75) is 13.3 Å². The topological polar surface area (TPSA) is 82.3 Å². The van der Waals surface area contributed by atoms with Crippen molar-refractivity contribution >= 4 is 11.0 Å². The smallest absolute Gasteiger partial charge is 0.367 e. The van der Waals surface area contributed by atoms with Gasteiger partial charge in [0, 0.05) is 17.6 Å². The zero-order valence-electron chi connectivity index (χ0n) is 10.8. The number of hydrogen-bond donors (Lipinski definition) is 0. The summed E-state index contributed by atoms with van der Waals surface area (Å²) >= 11 is 0. The van der Waals surface area contributed by atoms with Crippen molar-refractivity contribution in [3.63, 3.8) is 0 Å². The van der Waals surface area contributed by atoms with E-state index in [1.807, 2.05) is 0 Å². The fourth-order valence-electron chi connectivity index (χ4n) is 1.71. The molecule has 1 aromatic carbocycles. The second-order valence-electron chi connectivity index (χ2n) is 3.93. The lowest BCUT2D eigenvalue weighted by atomic mass is 10.3. The van der Waals surface area contributed by atoms with Crippen LogP contribution >= 0.6 is 0 Å². The summed E-state index contributed by atoms with van der Waals surface area (Å²) in [5.41, 5.74) is 0.461. The first-order valence-corrected chi connectivity index (χ1v) is 5.95. The fourth-order valence-corrected chi connectivity index (χ4v) is 1.71. The Balaban J connectivity index is 2.43. The van der Waals surface area contributed by atoms with Crippen LogP contribution in [0.2, 0.25) is 0 Å². The zero-order chi connectivity index (χ0) is 13.8. The molecule has 0 saturated carbocycles. The van der Waals surface area contributed by atoms with Crippen molar-refractivity contribution in [2.24, 2.45) is 0 Å². The summed E-state index contributed by atoms with van der Waals surface area (Å²) in [5, 5.41) is 15.5. The zero-order valence-corrected chi connectivity index (χ0v) is 10.8. The number of methoxy groups -OCH3 is 1. The molecule has 0 saturated heterocycles. The van der Waals surface area contributed by atoms with E-state index in [1.165, 1.54) is 6.07 Å². The van der Waals surface area contributed by atoms with Gasteiger partial charge >= 0.3 is 5.82 Å². The SMILES string of the molecule is CCc1nn([O-])c2cc(OCCOC)ccc2[n+]1=O. The van der Waals surface area contributed by atoms with E-state index in [0.717, 1.165) is 0 Å². The van der Waals surface area contributed by atoms with Crippen LogP contribution in [0.25, 0.3) is 11.0 Å². The number of aryl methyl sites for hydroxylation is 1. The highest BCUT2D eigenvalue weighted by molar-refractivity contribution is 5.73. The molecule has 0 unspecified atom stereocenters. The first-order valence-electron chi connectivity index (χ1n) is 5.95. The van der Waals surface area contributed by atoms with E-state index in [-0.39, 0.29) is 16.9 Å². The van der Waals surface area contributed by atoms with Crippen molar-refractivity contribution in [2.75, 3.05) is 20.3 Å². The molecule has 0 aliphatic rings. The Bertz CT molecular complexity index is 639. The van der Waals surface area contributed by atoms with Gasteiger partial charge in [0.1, 0.15) is 17.9 Å². The Morgan fingerprint density at radius 2 is 2.21 bits per heavy atom. The largest absolute Gasteiger partial charge is 0.772 e. The van der Waals surface area contributed by atoms with Gasteiger partial charge in [0.15, 0.2) is 0 Å². The maximum absolute atomic E-state index is 11.9. The maximum Gasteiger partial charge on any atom is 0.367 e. The molecule has 0 aliphatic heterocycles. The Morgan fingerprint density at radius 1 is 1.42 bits per heavy atom. The van der Waals surface area contributed by atoms with Gasteiger partial charge in [-0.05, 0) is 12.1 Å². The molecule has 1 aromatic heterocycles. The van der Waals surface area contributed by atoms with E-state index in [4.69, 9.17) is 9.47 Å². The molecule has 0 aliphatic carbocycles. The van der Waals surface area contributed by atoms with Crippen LogP contribution in [0.3, 0.4) is 0 Å². The highest BCUT2D eigenvalue weighted by atomic mass is 16.5. The molecule has 0 atom stereocenters. The highest BCUT2D eigenvalue weighted by Crippen LogP contribution is 2.17. The van der Waals surface area contributed by atoms with E-state index in [0.29, 0.717) is 34.7 Å². The van der Waals surface area contributed by atoms with Crippen molar-refractivity contribution in [3.05, 3.63) is 34.1 Å². The Kier molecular flexibility index (Phi) is 3.96. The number of aromatic nitrogens is 3. The lowest BCUT2D eigenvalue weighted by molar-refractivity contribution is -0.480. The van der Waals surface area contributed by atoms with E-state index in [2.05, 4.69) is 5.10 Å². The van der Waals surface area contributed by atoms with Gasteiger partial charge in [-0.15, -0.1) is 0 Å². The van der Waals surface area contributed by atoms with Gasteiger partial charge in [0.05, 0.1) is 18.1 Å². The van der Waals surface area contributed by atoms with Crippen molar-refractivity contribution < 1.29 is 13.9 Å². The first kappa shape index (κ1) is 13.3. The van der Waals surface area contributed by atoms with Crippen LogP contribution in [-0.2, 0) is 11.2 Å². The van der Waals surface area contributed by atoms with Crippen LogP contribution in [0.1, 0.15) is 12.7 Å². The third kappa shape index (κ3) is 2.65. The molecule has 0 bridgehead atoms. The summed E-state index contributed by atoms with van der Waals surface area (Å²) in [5.74, 6) is 0.691. The van der Waals surface area contributed by atoms with E-state index >= 15 is 0 Å². The summed E-state index contributed by atoms with van der Waals surface area (Å²) < 4.78 is 10.9. The van der Waals surface area contributed by atoms with Gasteiger partial charge in [-0.2, -0.15) is 4.85 Å². The molecule has 2 aromatic rings. The molecule has 0 radical (unpaired) electrons. The number of benzene rings is 1. The summed E-state index contributed by atoms with van der Waals surface area (Å²) in [6.45, 7) is 2.59. The molecule has 0 spiro atoms. The number of fused-ring (bicyclic) bond motifs is 1. The van der Waals surface area contributed by atoms with Gasteiger partial charge in [0.25, 0.3) is 0 Å². The number of nitrogens with zero attached hydrogens (tertiary/aromatic N) is 3. The number of rotatable bonds is 5. The third-order valence-corrected chi connectivity index (χ3v) is 2.68. The van der Waals surface area contributed by atoms with Crippen LogP contribution in [0.5, 0.6) is 5.75 Å². The molecule has 19 heavy (non-hydrogen) atoms.